The van der Waals surface area contributed by atoms with Crippen LogP contribution in [0.15, 0.2) is 94.7 Å². The van der Waals surface area contributed by atoms with Crippen LogP contribution in [0.1, 0.15) is 22.5 Å². The van der Waals surface area contributed by atoms with Crippen molar-refractivity contribution in [2.24, 2.45) is 0 Å². The number of rotatable bonds is 8. The molecule has 1 aliphatic rings. The monoisotopic (exact) mass is 589 g/mol. The van der Waals surface area contributed by atoms with Crippen molar-refractivity contribution in [3.63, 3.8) is 0 Å². The molecule has 0 aliphatic carbocycles. The number of carbonyl (C=O) groups excluding carboxylic acids is 1. The third kappa shape index (κ3) is 6.28. The third-order valence-electron chi connectivity index (χ3n) is 6.38. The topological polar surface area (TPSA) is 138 Å². The van der Waals surface area contributed by atoms with Crippen molar-refractivity contribution in [3.8, 4) is 0 Å². The second-order valence-corrected chi connectivity index (χ2v) is 13.0. The Morgan fingerprint density at radius 3 is 2.17 bits per heavy atom. The summed E-state index contributed by atoms with van der Waals surface area (Å²) in [4.78, 5) is 20.8. The molecule has 210 valence electrons. The highest BCUT2D eigenvalue weighted by atomic mass is 32.2. The first-order chi connectivity index (χ1) is 19.5. The number of aryl methyl sites for hydroxylation is 2. The Labute approximate surface area is 238 Å². The van der Waals surface area contributed by atoms with Crippen LogP contribution in [-0.4, -0.2) is 39.3 Å². The van der Waals surface area contributed by atoms with Gasteiger partial charge in [0.2, 0.25) is 11.9 Å². The zero-order valence-electron chi connectivity index (χ0n) is 22.3. The first kappa shape index (κ1) is 28.0. The van der Waals surface area contributed by atoms with E-state index in [1.807, 2.05) is 18.2 Å². The van der Waals surface area contributed by atoms with Crippen LogP contribution in [-0.2, 0) is 31.3 Å². The number of sulfonamides is 2. The Kier molecular flexibility index (Phi) is 7.61. The molecule has 0 atom stereocenters. The van der Waals surface area contributed by atoms with Crippen LogP contribution in [0.5, 0.6) is 0 Å². The largest absolute Gasteiger partial charge is 0.323 e. The quantitative estimate of drug-likeness (QED) is 0.292. The number of nitrogens with zero attached hydrogens (tertiary/aromatic N) is 3. The van der Waals surface area contributed by atoms with E-state index in [2.05, 4.69) is 20.0 Å². The van der Waals surface area contributed by atoms with E-state index >= 15 is 0 Å². The summed E-state index contributed by atoms with van der Waals surface area (Å²) in [6, 6.07) is 21.2. The van der Waals surface area contributed by atoms with E-state index in [1.54, 1.807) is 44.2 Å². The van der Waals surface area contributed by atoms with E-state index in [0.29, 0.717) is 41.3 Å². The van der Waals surface area contributed by atoms with Crippen LogP contribution in [0.3, 0.4) is 0 Å². The molecule has 0 saturated heterocycles. The maximum Gasteiger partial charge on any atom is 0.264 e. The number of para-hydroxylation sites is 1. The summed E-state index contributed by atoms with van der Waals surface area (Å²) in [6.45, 7) is 3.88. The summed E-state index contributed by atoms with van der Waals surface area (Å²) >= 11 is 0. The van der Waals surface area contributed by atoms with Crippen LogP contribution < -0.4 is 14.3 Å². The molecule has 1 aliphatic heterocycles. The molecule has 0 fully saturated rings. The van der Waals surface area contributed by atoms with E-state index in [4.69, 9.17) is 0 Å². The van der Waals surface area contributed by atoms with Crippen LogP contribution in [0.25, 0.3) is 6.08 Å². The Hall–Kier alpha value is -4.55. The fourth-order valence-corrected chi connectivity index (χ4v) is 6.91. The lowest BCUT2D eigenvalue weighted by Gasteiger charge is -2.19. The highest BCUT2D eigenvalue weighted by molar-refractivity contribution is 7.93. The van der Waals surface area contributed by atoms with E-state index in [0.717, 1.165) is 5.56 Å². The number of hydrogen-bond donors (Lipinski definition) is 2. The van der Waals surface area contributed by atoms with Crippen molar-refractivity contribution < 1.29 is 21.6 Å². The molecule has 3 aromatic carbocycles. The van der Waals surface area contributed by atoms with Gasteiger partial charge >= 0.3 is 0 Å². The molecule has 5 rings (SSSR count). The minimum atomic E-state index is -3.92. The molecule has 12 heteroatoms. The molecule has 4 aromatic rings. The summed E-state index contributed by atoms with van der Waals surface area (Å²) in [6.07, 6.45) is 3.54. The Morgan fingerprint density at radius 2 is 1.49 bits per heavy atom. The molecule has 2 heterocycles. The van der Waals surface area contributed by atoms with Crippen molar-refractivity contribution in [1.29, 1.82) is 0 Å². The predicted octanol–water partition coefficient (Wildman–Crippen LogP) is 4.30. The molecule has 1 aromatic heterocycles. The second-order valence-electron chi connectivity index (χ2n) is 9.45. The molecule has 41 heavy (non-hydrogen) atoms. The van der Waals surface area contributed by atoms with Crippen molar-refractivity contribution in [2.45, 2.75) is 30.1 Å². The zero-order valence-corrected chi connectivity index (χ0v) is 23.9. The Bertz CT molecular complexity index is 1830. The van der Waals surface area contributed by atoms with Gasteiger partial charge in [-0.2, -0.15) is 0 Å². The summed E-state index contributed by atoms with van der Waals surface area (Å²) in [5.41, 5.74) is 4.01. The van der Waals surface area contributed by atoms with Crippen molar-refractivity contribution in [1.82, 2.24) is 9.97 Å². The van der Waals surface area contributed by atoms with E-state index in [9.17, 15) is 21.6 Å². The summed E-state index contributed by atoms with van der Waals surface area (Å²) in [7, 11) is -7.62. The average Bonchev–Trinajstić information content (AvgIpc) is 3.37. The van der Waals surface area contributed by atoms with Gasteiger partial charge in [-0.15, -0.1) is 0 Å². The highest BCUT2D eigenvalue weighted by Crippen LogP contribution is 2.32. The lowest BCUT2D eigenvalue weighted by Crippen LogP contribution is -2.29. The number of nitrogens with one attached hydrogen (secondary N) is 2. The Morgan fingerprint density at radius 1 is 0.854 bits per heavy atom. The first-order valence-corrected chi connectivity index (χ1v) is 15.6. The van der Waals surface area contributed by atoms with Crippen LogP contribution in [0.2, 0.25) is 0 Å². The lowest BCUT2D eigenvalue weighted by atomic mass is 10.2. The molecule has 0 bridgehead atoms. The van der Waals surface area contributed by atoms with E-state index < -0.39 is 26.0 Å². The highest BCUT2D eigenvalue weighted by Gasteiger charge is 2.30. The lowest BCUT2D eigenvalue weighted by molar-refractivity contribution is -0.111. The number of anilines is 3. The molecule has 1 amide bonds. The van der Waals surface area contributed by atoms with Crippen molar-refractivity contribution >= 4 is 49.4 Å². The second kappa shape index (κ2) is 11.1. The average molecular weight is 590 g/mol. The summed E-state index contributed by atoms with van der Waals surface area (Å²) in [5, 5.41) is 2.67. The van der Waals surface area contributed by atoms with Crippen LogP contribution >= 0.6 is 0 Å². The number of fused-ring (bicyclic) bond motifs is 1. The molecule has 0 spiro atoms. The SMILES string of the molecule is Cc1cc(C)nc(NS(=O)(=O)c2ccc(NC(=O)C=Cc3ccc(S(=O)(=O)N4CCc5ccccc54)cc3)cc2)n1. The standard InChI is InChI=1S/C29H27N5O5S2/c1-20-19-21(2)31-29(30-20)33-40(36,37)25-14-10-24(11-15-25)32-28(35)16-9-22-7-12-26(13-8-22)41(38,39)34-18-17-23-5-3-4-6-27(23)34/h3-16,19H,17-18H2,1-2H3,(H,32,35)(H,30,31,33). The molecular weight excluding hydrogens is 562 g/mol. The number of amides is 1. The van der Waals surface area contributed by atoms with Crippen LogP contribution in [0, 0.1) is 13.8 Å². The van der Waals surface area contributed by atoms with Gasteiger partial charge in [-0.3, -0.25) is 9.10 Å². The maximum atomic E-state index is 13.2. The Balaban J connectivity index is 1.20. The first-order valence-electron chi connectivity index (χ1n) is 12.7. The normalized spacial score (nSPS) is 13.3. The zero-order chi connectivity index (χ0) is 29.2. The minimum absolute atomic E-state index is 0.0127. The minimum Gasteiger partial charge on any atom is -0.323 e. The van der Waals surface area contributed by atoms with Gasteiger partial charge < -0.3 is 5.32 Å². The molecule has 0 radical (unpaired) electrons. The molecule has 2 N–H and O–H groups in total. The third-order valence-corrected chi connectivity index (χ3v) is 9.55. The van der Waals surface area contributed by atoms with Crippen LogP contribution in [0.4, 0.5) is 17.3 Å². The van der Waals surface area contributed by atoms with Gasteiger partial charge in [-0.25, -0.2) is 31.5 Å². The van der Waals surface area contributed by atoms with Crippen molar-refractivity contribution in [2.75, 3.05) is 20.9 Å². The van der Waals surface area contributed by atoms with Gasteiger partial charge in [0.25, 0.3) is 20.0 Å². The smallest absolute Gasteiger partial charge is 0.264 e. The molecule has 10 nitrogen and oxygen atoms in total. The molecule has 0 unspecified atom stereocenters. The van der Waals surface area contributed by atoms with E-state index in [-0.39, 0.29) is 15.7 Å². The van der Waals surface area contributed by atoms with Gasteiger partial charge in [-0.05, 0) is 86.0 Å². The van der Waals surface area contributed by atoms with Crippen molar-refractivity contribution in [3.05, 3.63) is 107 Å². The number of hydrogen-bond acceptors (Lipinski definition) is 7. The fourth-order valence-electron chi connectivity index (χ4n) is 4.46. The number of benzene rings is 3. The predicted molar refractivity (Wildman–Crippen MR) is 158 cm³/mol. The van der Waals surface area contributed by atoms with Gasteiger partial charge in [0.15, 0.2) is 0 Å². The molecular formula is C29H27N5O5S2. The maximum absolute atomic E-state index is 13.2. The number of carbonyl (C=O) groups is 1. The van der Waals surface area contributed by atoms with Gasteiger partial charge in [0.1, 0.15) is 0 Å². The summed E-state index contributed by atoms with van der Waals surface area (Å²) in [5.74, 6) is -0.454. The number of aromatic nitrogens is 2. The van der Waals surface area contributed by atoms with Gasteiger partial charge in [0.05, 0.1) is 15.5 Å². The fraction of sp³-hybridized carbons (Fsp3) is 0.138. The van der Waals surface area contributed by atoms with Gasteiger partial charge in [0, 0.05) is 29.7 Å². The summed E-state index contributed by atoms with van der Waals surface area (Å²) < 4.78 is 55.5. The van der Waals surface area contributed by atoms with Gasteiger partial charge in [-0.1, -0.05) is 30.3 Å². The van der Waals surface area contributed by atoms with E-state index in [1.165, 1.54) is 46.8 Å². The molecule has 0 saturated carbocycles.